The highest BCUT2D eigenvalue weighted by atomic mass is 32.2. The maximum atomic E-state index is 13.5. The number of anilines is 2. The molecule has 4 heterocycles. The molecular weight excluding hydrogens is 649 g/mol. The molecule has 49 heavy (non-hydrogen) atoms. The summed E-state index contributed by atoms with van der Waals surface area (Å²) in [6.07, 6.45) is 0. The third kappa shape index (κ3) is 4.13. The van der Waals surface area contributed by atoms with E-state index in [0.717, 1.165) is 47.9 Å². The molecule has 5 aromatic carbocycles. The number of esters is 1. The van der Waals surface area contributed by atoms with Crippen molar-refractivity contribution < 1.29 is 14.3 Å². The number of hydrogen-bond donors (Lipinski definition) is 2. The predicted molar refractivity (Wildman–Crippen MR) is 191 cm³/mol. The number of rotatable bonds is 2. The summed E-state index contributed by atoms with van der Waals surface area (Å²) >= 11 is 3.04. The number of hydrogen-bond acceptors (Lipinski definition) is 9. The summed E-state index contributed by atoms with van der Waals surface area (Å²) < 4.78 is 13.3. The van der Waals surface area contributed by atoms with Crippen LogP contribution in [0, 0.1) is 36.5 Å². The van der Waals surface area contributed by atoms with Crippen LogP contribution in [0.25, 0.3) is 11.1 Å². The minimum atomic E-state index is -1.30. The summed E-state index contributed by atoms with van der Waals surface area (Å²) in [5, 5.41) is 29.3. The number of benzene rings is 5. The Labute approximate surface area is 290 Å². The van der Waals surface area contributed by atoms with Gasteiger partial charge in [-0.2, -0.15) is 10.5 Å². The predicted octanol–water partition coefficient (Wildman–Crippen LogP) is 9.69. The normalized spacial score (nSPS) is 17.5. The second-order valence-electron chi connectivity index (χ2n) is 12.0. The Kier molecular flexibility index (Phi) is 6.47. The lowest BCUT2D eigenvalue weighted by Gasteiger charge is -2.38. The smallest absolute Gasteiger partial charge is 0.340 e. The first-order valence-electron chi connectivity index (χ1n) is 15.6. The number of ether oxygens (including phenoxy) is 2. The van der Waals surface area contributed by atoms with Crippen molar-refractivity contribution in [3.8, 4) is 23.6 Å². The monoisotopic (exact) mass is 672 g/mol. The van der Waals surface area contributed by atoms with Gasteiger partial charge in [-0.25, -0.2) is 4.79 Å². The Morgan fingerprint density at radius 1 is 0.653 bits per heavy atom. The van der Waals surface area contributed by atoms with Crippen LogP contribution in [-0.2, 0) is 10.3 Å². The van der Waals surface area contributed by atoms with Gasteiger partial charge in [0, 0.05) is 48.7 Å². The second kappa shape index (κ2) is 10.8. The third-order valence-electron chi connectivity index (χ3n) is 9.46. The fraction of sp³-hybridized carbons (Fsp3) is 0.0750. The number of fused-ring (bicyclic) bond motifs is 8. The molecule has 0 fully saturated rings. The first-order chi connectivity index (χ1) is 23.9. The number of nitriles is 2. The number of nitrogens with one attached hydrogen (secondary N) is 2. The van der Waals surface area contributed by atoms with Gasteiger partial charge in [-0.15, -0.1) is 0 Å². The molecule has 4 aliphatic rings. The van der Waals surface area contributed by atoms with Crippen molar-refractivity contribution in [3.05, 3.63) is 152 Å². The van der Waals surface area contributed by atoms with E-state index >= 15 is 0 Å². The Balaban J connectivity index is 1.25. The van der Waals surface area contributed by atoms with Gasteiger partial charge in [0.25, 0.3) is 0 Å². The van der Waals surface area contributed by atoms with Crippen LogP contribution < -0.4 is 15.4 Å². The van der Waals surface area contributed by atoms with Gasteiger partial charge in [-0.3, -0.25) is 0 Å². The van der Waals surface area contributed by atoms with E-state index in [4.69, 9.17) is 9.47 Å². The SMILES string of the molecule is Cc1c(/C(C#N)=C2/Nc3ccccc3S2)ccc2c1Oc1c(ccc(/C(C#N)=C3/Nc4ccccc4S3)c1C)C21OC(=O)c2ccccc21. The second-order valence-corrected chi connectivity index (χ2v) is 14.1. The van der Waals surface area contributed by atoms with Crippen molar-refractivity contribution in [2.75, 3.05) is 10.6 Å². The summed E-state index contributed by atoms with van der Waals surface area (Å²) in [4.78, 5) is 15.6. The van der Waals surface area contributed by atoms with E-state index < -0.39 is 11.6 Å². The van der Waals surface area contributed by atoms with Gasteiger partial charge in [-0.1, -0.05) is 78.1 Å². The maximum Gasteiger partial charge on any atom is 0.340 e. The molecule has 4 aliphatic heterocycles. The average molecular weight is 673 g/mol. The van der Waals surface area contributed by atoms with Crippen LogP contribution in [0.15, 0.2) is 117 Å². The highest BCUT2D eigenvalue weighted by Gasteiger charge is 2.54. The Hall–Kier alpha value is -5.87. The lowest BCUT2D eigenvalue weighted by atomic mass is 9.75. The summed E-state index contributed by atoms with van der Waals surface area (Å²) in [5.74, 6) is 0.595. The van der Waals surface area contributed by atoms with Crippen molar-refractivity contribution >= 4 is 52.0 Å². The van der Waals surface area contributed by atoms with Gasteiger partial charge < -0.3 is 20.1 Å². The number of carbonyl (C=O) groups is 1. The van der Waals surface area contributed by atoms with Gasteiger partial charge in [0.1, 0.15) is 23.6 Å². The zero-order valence-corrected chi connectivity index (χ0v) is 27.8. The first kappa shape index (κ1) is 29.3. The van der Waals surface area contributed by atoms with Gasteiger partial charge in [0.2, 0.25) is 0 Å². The standard InChI is InChI=1S/C40H24N4O3S2/c1-21-23(26(19-41)37-43-31-11-5-7-13-33(31)48-37)15-17-29-35(21)46-36-22(2)24(27(20-42)38-44-32-12-6-8-14-34(32)49-38)16-18-30(36)40(29)28-10-4-3-9-25(28)39(45)47-40/h3-18,43-44H,1-2H3/b37-26-,38-27-. The Bertz CT molecular complexity index is 2290. The van der Waals surface area contributed by atoms with E-state index in [0.29, 0.717) is 50.5 Å². The van der Waals surface area contributed by atoms with Crippen LogP contribution in [0.1, 0.15) is 49.3 Å². The lowest BCUT2D eigenvalue weighted by molar-refractivity contribution is 0.0223. The van der Waals surface area contributed by atoms with Gasteiger partial charge in [0.15, 0.2) is 5.60 Å². The van der Waals surface area contributed by atoms with Crippen LogP contribution in [0.4, 0.5) is 11.4 Å². The molecule has 0 unspecified atom stereocenters. The first-order valence-corrected chi connectivity index (χ1v) is 17.2. The molecule has 0 bridgehead atoms. The summed E-state index contributed by atoms with van der Waals surface area (Å²) in [5.41, 5.74) is 7.01. The summed E-state index contributed by atoms with van der Waals surface area (Å²) in [7, 11) is 0. The van der Waals surface area contributed by atoms with Crippen molar-refractivity contribution in [1.82, 2.24) is 0 Å². The van der Waals surface area contributed by atoms with Crippen molar-refractivity contribution in [2.24, 2.45) is 0 Å². The fourth-order valence-corrected chi connectivity index (χ4v) is 9.16. The minimum Gasteiger partial charge on any atom is -0.456 e. The van der Waals surface area contributed by atoms with E-state index in [2.05, 4.69) is 22.8 Å². The molecule has 9 heteroatoms. The van der Waals surface area contributed by atoms with Crippen LogP contribution >= 0.6 is 23.5 Å². The highest BCUT2D eigenvalue weighted by Crippen LogP contribution is 2.59. The van der Waals surface area contributed by atoms with Gasteiger partial charge >= 0.3 is 5.97 Å². The van der Waals surface area contributed by atoms with Crippen molar-refractivity contribution in [1.29, 1.82) is 10.5 Å². The lowest BCUT2D eigenvalue weighted by Crippen LogP contribution is -2.34. The number of nitrogens with zero attached hydrogens (tertiary/aromatic N) is 2. The molecule has 1 spiro atoms. The van der Waals surface area contributed by atoms with Crippen LogP contribution in [0.5, 0.6) is 11.5 Å². The molecule has 0 aliphatic carbocycles. The van der Waals surface area contributed by atoms with E-state index in [1.807, 2.05) is 105 Å². The number of thioether (sulfide) groups is 2. The quantitative estimate of drug-likeness (QED) is 0.140. The average Bonchev–Trinajstić information content (AvgIpc) is 3.83. The number of allylic oxidation sites excluding steroid dienone is 2. The van der Waals surface area contributed by atoms with E-state index in [-0.39, 0.29) is 0 Å². The van der Waals surface area contributed by atoms with Gasteiger partial charge in [-0.05, 0) is 56.3 Å². The molecule has 0 radical (unpaired) electrons. The molecule has 0 saturated carbocycles. The molecule has 0 amide bonds. The number of carbonyl (C=O) groups excluding carboxylic acids is 1. The molecule has 5 aromatic rings. The molecule has 7 nitrogen and oxygen atoms in total. The molecule has 2 N–H and O–H groups in total. The molecule has 0 saturated heterocycles. The zero-order chi connectivity index (χ0) is 33.4. The molecule has 234 valence electrons. The summed E-state index contributed by atoms with van der Waals surface area (Å²) in [6.45, 7) is 3.86. The van der Waals surface area contributed by atoms with Crippen molar-refractivity contribution in [2.45, 2.75) is 29.2 Å². The molecule has 0 atom stereocenters. The summed E-state index contributed by atoms with van der Waals surface area (Å²) in [6, 6.07) is 35.8. The van der Waals surface area contributed by atoms with Crippen LogP contribution in [-0.4, -0.2) is 5.97 Å². The third-order valence-corrected chi connectivity index (χ3v) is 11.6. The topological polar surface area (TPSA) is 107 Å². The van der Waals surface area contributed by atoms with Crippen LogP contribution in [0.2, 0.25) is 0 Å². The maximum absolute atomic E-state index is 13.5. The minimum absolute atomic E-state index is 0.425. The molecule has 9 rings (SSSR count). The van der Waals surface area contributed by atoms with Crippen molar-refractivity contribution in [3.63, 3.8) is 0 Å². The van der Waals surface area contributed by atoms with E-state index in [1.54, 1.807) is 6.07 Å². The van der Waals surface area contributed by atoms with Crippen LogP contribution in [0.3, 0.4) is 0 Å². The molecule has 0 aromatic heterocycles. The largest absolute Gasteiger partial charge is 0.456 e. The highest BCUT2D eigenvalue weighted by molar-refractivity contribution is 8.04. The van der Waals surface area contributed by atoms with Gasteiger partial charge in [0.05, 0.1) is 38.1 Å². The number of para-hydroxylation sites is 2. The molecular formula is C40H24N4O3S2. The zero-order valence-electron chi connectivity index (χ0n) is 26.2. The Morgan fingerprint density at radius 3 is 1.65 bits per heavy atom. The van der Waals surface area contributed by atoms with E-state index in [1.165, 1.54) is 23.5 Å². The Morgan fingerprint density at radius 2 is 1.14 bits per heavy atom. The fourth-order valence-electron chi connectivity index (χ4n) is 7.13. The van der Waals surface area contributed by atoms with E-state index in [9.17, 15) is 15.3 Å².